The molecule has 0 radical (unpaired) electrons. The van der Waals surface area contributed by atoms with Gasteiger partial charge in [-0.3, -0.25) is 9.36 Å². The highest BCUT2D eigenvalue weighted by Gasteiger charge is 2.24. The number of hydrogen-bond acceptors (Lipinski definition) is 5. The molecule has 0 atom stereocenters. The van der Waals surface area contributed by atoms with Crippen molar-refractivity contribution < 1.29 is 4.79 Å². The van der Waals surface area contributed by atoms with Crippen molar-refractivity contribution in [2.45, 2.75) is 95.3 Å². The number of hydrogen-bond donors (Lipinski definition) is 1. The molecule has 1 saturated carbocycles. The van der Waals surface area contributed by atoms with Gasteiger partial charge in [0, 0.05) is 27.9 Å². The molecule has 2 aromatic heterocycles. The minimum atomic E-state index is 0.120. The molecule has 0 saturated heterocycles. The molecule has 1 amide bonds. The van der Waals surface area contributed by atoms with Crippen LogP contribution in [0.3, 0.4) is 0 Å². The molecule has 0 aromatic carbocycles. The van der Waals surface area contributed by atoms with Crippen molar-refractivity contribution in [2.24, 2.45) is 0 Å². The average Bonchev–Trinajstić information content (AvgIpc) is 3.23. The lowest BCUT2D eigenvalue weighted by atomic mass is 9.95. The molecule has 5 nitrogen and oxygen atoms in total. The summed E-state index contributed by atoms with van der Waals surface area (Å²) >= 11 is 3.38. The number of aromatic nitrogens is 3. The molecule has 2 aromatic rings. The molecule has 0 aliphatic heterocycles. The quantitative estimate of drug-likeness (QED) is 0.491. The first kappa shape index (κ1) is 20.9. The molecule has 158 valence electrons. The summed E-state index contributed by atoms with van der Waals surface area (Å²) in [7, 11) is 0. The van der Waals surface area contributed by atoms with Gasteiger partial charge in [-0.25, -0.2) is 0 Å². The van der Waals surface area contributed by atoms with Crippen LogP contribution in [0.15, 0.2) is 10.5 Å². The maximum Gasteiger partial charge on any atom is 0.230 e. The number of fused-ring (bicyclic) bond motifs is 1. The fourth-order valence-corrected chi connectivity index (χ4v) is 6.53. The summed E-state index contributed by atoms with van der Waals surface area (Å²) in [4.78, 5) is 14.0. The number of thioether (sulfide) groups is 1. The predicted molar refractivity (Wildman–Crippen MR) is 121 cm³/mol. The van der Waals surface area contributed by atoms with Gasteiger partial charge in [0.15, 0.2) is 11.0 Å². The monoisotopic (exact) mass is 432 g/mol. The highest BCUT2D eigenvalue weighted by Crippen LogP contribution is 2.37. The van der Waals surface area contributed by atoms with Gasteiger partial charge in [-0.1, -0.05) is 37.4 Å². The van der Waals surface area contributed by atoms with E-state index in [4.69, 9.17) is 0 Å². The zero-order chi connectivity index (χ0) is 20.2. The topological polar surface area (TPSA) is 59.8 Å². The van der Waals surface area contributed by atoms with Crippen LogP contribution in [0.25, 0.3) is 11.4 Å². The molecular weight excluding hydrogens is 400 g/mol. The number of carbonyl (C=O) groups is 1. The third-order valence-corrected chi connectivity index (χ3v) is 8.07. The van der Waals surface area contributed by atoms with Crippen molar-refractivity contribution >= 4 is 29.0 Å². The smallest absolute Gasteiger partial charge is 0.230 e. The van der Waals surface area contributed by atoms with Gasteiger partial charge in [-0.2, -0.15) is 0 Å². The lowest BCUT2D eigenvalue weighted by Gasteiger charge is -2.17. The number of nitrogens with one attached hydrogen (secondary N) is 1. The predicted octanol–water partition coefficient (Wildman–Crippen LogP) is 5.40. The number of carbonyl (C=O) groups excluding carboxylic acids is 1. The fourth-order valence-electron chi connectivity index (χ4n) is 4.53. The molecule has 1 fully saturated rings. The molecule has 4 rings (SSSR count). The van der Waals surface area contributed by atoms with Gasteiger partial charge in [0.2, 0.25) is 5.91 Å². The molecule has 0 spiro atoms. The Morgan fingerprint density at radius 1 is 1.17 bits per heavy atom. The summed E-state index contributed by atoms with van der Waals surface area (Å²) < 4.78 is 2.21. The molecule has 0 unspecified atom stereocenters. The third kappa shape index (κ3) is 4.88. The zero-order valence-electron chi connectivity index (χ0n) is 17.6. The van der Waals surface area contributed by atoms with Crippen LogP contribution in [-0.2, 0) is 17.6 Å². The van der Waals surface area contributed by atoms with Gasteiger partial charge in [-0.05, 0) is 57.9 Å². The zero-order valence-corrected chi connectivity index (χ0v) is 19.2. The second-order valence-electron chi connectivity index (χ2n) is 8.57. The first-order valence-electron chi connectivity index (χ1n) is 11.1. The molecule has 7 heteroatoms. The normalized spacial score (nSPS) is 17.9. The van der Waals surface area contributed by atoms with Crippen LogP contribution < -0.4 is 5.32 Å². The van der Waals surface area contributed by atoms with Crippen LogP contribution in [0.2, 0.25) is 0 Å². The maximum absolute atomic E-state index is 12.5. The fraction of sp³-hybridized carbons (Fsp3) is 0.682. The highest BCUT2D eigenvalue weighted by atomic mass is 32.2. The molecule has 2 aliphatic carbocycles. The van der Waals surface area contributed by atoms with Gasteiger partial charge >= 0.3 is 0 Å². The van der Waals surface area contributed by atoms with Crippen molar-refractivity contribution in [3.8, 4) is 11.4 Å². The standard InChI is InChI=1S/C22H32N4OS2/c1-15(2)26-21(18-13-28-19-12-8-7-11-17(18)19)24-25-22(26)29-14-20(27)23-16-9-5-3-4-6-10-16/h13,15-16H,3-12,14H2,1-2H3,(H,23,27). The Labute approximate surface area is 182 Å². The maximum atomic E-state index is 12.5. The summed E-state index contributed by atoms with van der Waals surface area (Å²) in [6.45, 7) is 4.34. The summed E-state index contributed by atoms with van der Waals surface area (Å²) in [5.41, 5.74) is 2.72. The van der Waals surface area contributed by atoms with Crippen molar-refractivity contribution in [1.82, 2.24) is 20.1 Å². The van der Waals surface area contributed by atoms with E-state index in [1.807, 2.05) is 11.3 Å². The lowest BCUT2D eigenvalue weighted by Crippen LogP contribution is -2.35. The van der Waals surface area contributed by atoms with E-state index in [9.17, 15) is 4.79 Å². The van der Waals surface area contributed by atoms with E-state index in [0.29, 0.717) is 11.8 Å². The van der Waals surface area contributed by atoms with Crippen molar-refractivity contribution in [1.29, 1.82) is 0 Å². The summed E-state index contributed by atoms with van der Waals surface area (Å²) in [6.07, 6.45) is 12.2. The minimum absolute atomic E-state index is 0.120. The van der Waals surface area contributed by atoms with Crippen LogP contribution in [0.1, 0.15) is 81.7 Å². The van der Waals surface area contributed by atoms with E-state index in [2.05, 4.69) is 39.3 Å². The highest BCUT2D eigenvalue weighted by molar-refractivity contribution is 7.99. The molecule has 2 heterocycles. The van der Waals surface area contributed by atoms with Crippen molar-refractivity contribution in [2.75, 3.05) is 5.75 Å². The Bertz CT molecular complexity index is 834. The van der Waals surface area contributed by atoms with E-state index in [0.717, 1.165) is 30.2 Å². The van der Waals surface area contributed by atoms with Gasteiger partial charge in [0.25, 0.3) is 0 Å². The number of aryl methyl sites for hydroxylation is 1. The molecule has 1 N–H and O–H groups in total. The van der Waals surface area contributed by atoms with Crippen LogP contribution in [-0.4, -0.2) is 32.5 Å². The van der Waals surface area contributed by atoms with Gasteiger partial charge in [0.1, 0.15) is 0 Å². The molecular formula is C22H32N4OS2. The Hall–Kier alpha value is -1.34. The number of nitrogens with zero attached hydrogens (tertiary/aromatic N) is 3. The van der Waals surface area contributed by atoms with Gasteiger partial charge in [0.05, 0.1) is 5.75 Å². The van der Waals surface area contributed by atoms with E-state index in [1.54, 1.807) is 0 Å². The number of rotatable bonds is 6. The van der Waals surface area contributed by atoms with Crippen LogP contribution in [0.5, 0.6) is 0 Å². The van der Waals surface area contributed by atoms with Gasteiger partial charge < -0.3 is 5.32 Å². The Kier molecular flexibility index (Phi) is 6.96. The Balaban J connectivity index is 1.46. The third-order valence-electron chi connectivity index (χ3n) is 6.04. The largest absolute Gasteiger partial charge is 0.353 e. The SMILES string of the molecule is CC(C)n1c(SCC(=O)NC2CCCCCC2)nnc1-c1csc2c1CCCC2. The summed E-state index contributed by atoms with van der Waals surface area (Å²) in [5.74, 6) is 1.49. The van der Waals surface area contributed by atoms with E-state index in [-0.39, 0.29) is 11.9 Å². The summed E-state index contributed by atoms with van der Waals surface area (Å²) in [5, 5.41) is 15.4. The van der Waals surface area contributed by atoms with Crippen molar-refractivity contribution in [3.05, 3.63) is 15.8 Å². The van der Waals surface area contributed by atoms with Gasteiger partial charge in [-0.15, -0.1) is 21.5 Å². The van der Waals surface area contributed by atoms with Crippen molar-refractivity contribution in [3.63, 3.8) is 0 Å². The van der Waals surface area contributed by atoms with E-state index in [1.165, 1.54) is 72.7 Å². The molecule has 2 aliphatic rings. The number of thiophene rings is 1. The van der Waals surface area contributed by atoms with Crippen LogP contribution in [0.4, 0.5) is 0 Å². The first-order valence-corrected chi connectivity index (χ1v) is 13.0. The van der Waals surface area contributed by atoms with Crippen LogP contribution in [0, 0.1) is 0 Å². The van der Waals surface area contributed by atoms with E-state index < -0.39 is 0 Å². The number of amides is 1. The molecule has 29 heavy (non-hydrogen) atoms. The lowest BCUT2D eigenvalue weighted by molar-refractivity contribution is -0.119. The van der Waals surface area contributed by atoms with Crippen LogP contribution >= 0.6 is 23.1 Å². The Morgan fingerprint density at radius 3 is 2.69 bits per heavy atom. The van der Waals surface area contributed by atoms with E-state index >= 15 is 0 Å². The Morgan fingerprint density at radius 2 is 1.93 bits per heavy atom. The minimum Gasteiger partial charge on any atom is -0.353 e. The second kappa shape index (κ2) is 9.65. The summed E-state index contributed by atoms with van der Waals surface area (Å²) in [6, 6.07) is 0.605. The molecule has 0 bridgehead atoms. The second-order valence-corrected chi connectivity index (χ2v) is 10.5. The first-order chi connectivity index (χ1) is 14.1. The average molecular weight is 433 g/mol.